The molecular weight excluding hydrogens is 192 g/mol. The molecule has 0 aliphatic carbocycles. The van der Waals surface area contributed by atoms with Crippen molar-refractivity contribution in [2.24, 2.45) is 0 Å². The Bertz CT molecular complexity index is 243. The van der Waals surface area contributed by atoms with Gasteiger partial charge in [0.25, 0.3) is 0 Å². The molecule has 2 N–H and O–H groups in total. The lowest BCUT2D eigenvalue weighted by Crippen LogP contribution is -2.44. The molecule has 2 saturated heterocycles. The molecule has 2 heterocycles. The van der Waals surface area contributed by atoms with Crippen LogP contribution in [0.2, 0.25) is 0 Å². The van der Waals surface area contributed by atoms with Crippen LogP contribution in [0.15, 0.2) is 0 Å². The monoisotopic (exact) mass is 212 g/mol. The van der Waals surface area contributed by atoms with Gasteiger partial charge in [0, 0.05) is 12.1 Å². The zero-order chi connectivity index (χ0) is 10.8. The van der Waals surface area contributed by atoms with Crippen molar-refractivity contribution in [3.63, 3.8) is 0 Å². The van der Waals surface area contributed by atoms with Gasteiger partial charge in [0.15, 0.2) is 0 Å². The molecular formula is C11H20N2O2. The molecule has 3 atom stereocenters. The van der Waals surface area contributed by atoms with E-state index in [1.165, 1.54) is 6.42 Å². The van der Waals surface area contributed by atoms with Gasteiger partial charge < -0.3 is 15.4 Å². The van der Waals surface area contributed by atoms with Gasteiger partial charge in [-0.15, -0.1) is 0 Å². The Morgan fingerprint density at radius 2 is 2.27 bits per heavy atom. The first-order valence-corrected chi connectivity index (χ1v) is 5.83. The summed E-state index contributed by atoms with van der Waals surface area (Å²) in [5, 5.41) is 6.15. The zero-order valence-corrected chi connectivity index (χ0v) is 9.45. The third-order valence-corrected chi connectivity index (χ3v) is 3.08. The Morgan fingerprint density at radius 3 is 2.80 bits per heavy atom. The lowest BCUT2D eigenvalue weighted by molar-refractivity contribution is -0.120. The summed E-state index contributed by atoms with van der Waals surface area (Å²) in [4.78, 5) is 11.4. The fourth-order valence-electron chi connectivity index (χ4n) is 2.45. The number of hydrogen-bond acceptors (Lipinski definition) is 3. The molecule has 2 aliphatic heterocycles. The lowest BCUT2D eigenvalue weighted by Gasteiger charge is -2.20. The van der Waals surface area contributed by atoms with E-state index in [1.807, 2.05) is 13.8 Å². The molecule has 0 radical (unpaired) electrons. The number of amides is 1. The Balaban J connectivity index is 1.68. The Labute approximate surface area is 90.8 Å². The van der Waals surface area contributed by atoms with Crippen LogP contribution in [0.1, 0.15) is 33.1 Å². The van der Waals surface area contributed by atoms with E-state index >= 15 is 0 Å². The minimum absolute atomic E-state index is 0.0766. The molecule has 0 aromatic carbocycles. The molecule has 2 aliphatic rings. The highest BCUT2D eigenvalue weighted by atomic mass is 16.5. The van der Waals surface area contributed by atoms with Gasteiger partial charge in [-0.25, -0.2) is 0 Å². The number of carbonyl (C=O) groups excluding carboxylic acids is 1. The van der Waals surface area contributed by atoms with Crippen LogP contribution in [0.3, 0.4) is 0 Å². The maximum Gasteiger partial charge on any atom is 0.234 e. The molecule has 2 fully saturated rings. The molecule has 0 saturated carbocycles. The summed E-state index contributed by atoms with van der Waals surface area (Å²) in [5.74, 6) is 0.0766. The maximum atomic E-state index is 11.4. The Morgan fingerprint density at radius 1 is 1.47 bits per heavy atom. The third-order valence-electron chi connectivity index (χ3n) is 3.08. The van der Waals surface area contributed by atoms with Crippen molar-refractivity contribution in [3.05, 3.63) is 0 Å². The average Bonchev–Trinajstić information content (AvgIpc) is 2.74. The third kappa shape index (κ3) is 2.69. The Hall–Kier alpha value is -0.610. The first-order chi connectivity index (χ1) is 7.15. The predicted octanol–water partition coefficient (Wildman–Crippen LogP) is 0.420. The van der Waals surface area contributed by atoms with Gasteiger partial charge in [0.1, 0.15) is 0 Å². The molecule has 1 amide bonds. The standard InChI is InChI=1S/C11H20N2O2/c1-7(2)13-11(14)6-12-9-5-8-3-4-10(9)15-8/h7-10,12H,3-6H2,1-2H3,(H,13,14). The van der Waals surface area contributed by atoms with Crippen LogP contribution in [-0.4, -0.2) is 36.7 Å². The lowest BCUT2D eigenvalue weighted by atomic mass is 9.95. The summed E-state index contributed by atoms with van der Waals surface area (Å²) in [5.41, 5.74) is 0. The summed E-state index contributed by atoms with van der Waals surface area (Å²) < 4.78 is 5.70. The van der Waals surface area contributed by atoms with Crippen LogP contribution < -0.4 is 10.6 Å². The van der Waals surface area contributed by atoms with Gasteiger partial charge in [-0.1, -0.05) is 0 Å². The quantitative estimate of drug-likeness (QED) is 0.710. The van der Waals surface area contributed by atoms with E-state index in [9.17, 15) is 4.79 Å². The summed E-state index contributed by atoms with van der Waals surface area (Å²) in [6, 6.07) is 0.609. The molecule has 4 nitrogen and oxygen atoms in total. The minimum atomic E-state index is 0.0766. The van der Waals surface area contributed by atoms with Crippen LogP contribution in [0.25, 0.3) is 0 Å². The first kappa shape index (κ1) is 10.9. The van der Waals surface area contributed by atoms with Gasteiger partial charge in [0.05, 0.1) is 18.8 Å². The zero-order valence-electron chi connectivity index (χ0n) is 9.45. The van der Waals surface area contributed by atoms with E-state index in [2.05, 4.69) is 10.6 Å². The van der Waals surface area contributed by atoms with E-state index in [-0.39, 0.29) is 11.9 Å². The smallest absolute Gasteiger partial charge is 0.234 e. The summed E-state index contributed by atoms with van der Waals surface area (Å²) in [6.07, 6.45) is 4.21. The van der Waals surface area contributed by atoms with Gasteiger partial charge in [-0.05, 0) is 33.1 Å². The highest BCUT2D eigenvalue weighted by molar-refractivity contribution is 5.78. The number of nitrogens with one attached hydrogen (secondary N) is 2. The topological polar surface area (TPSA) is 50.4 Å². The second-order valence-electron chi connectivity index (χ2n) is 4.82. The summed E-state index contributed by atoms with van der Waals surface area (Å²) in [7, 11) is 0. The van der Waals surface area contributed by atoms with Crippen molar-refractivity contribution >= 4 is 5.91 Å². The van der Waals surface area contributed by atoms with Gasteiger partial charge in [-0.3, -0.25) is 4.79 Å². The molecule has 15 heavy (non-hydrogen) atoms. The van der Waals surface area contributed by atoms with Crippen LogP contribution in [0.5, 0.6) is 0 Å². The van der Waals surface area contributed by atoms with E-state index in [0.29, 0.717) is 24.8 Å². The highest BCUT2D eigenvalue weighted by Crippen LogP contribution is 2.34. The van der Waals surface area contributed by atoms with Gasteiger partial charge >= 0.3 is 0 Å². The van der Waals surface area contributed by atoms with Crippen molar-refractivity contribution < 1.29 is 9.53 Å². The van der Waals surface area contributed by atoms with E-state index in [4.69, 9.17) is 4.74 Å². The SMILES string of the molecule is CC(C)NC(=O)CNC1CC2CCC1O2. The van der Waals surface area contributed by atoms with Crippen LogP contribution >= 0.6 is 0 Å². The summed E-state index contributed by atoms with van der Waals surface area (Å²) >= 11 is 0. The first-order valence-electron chi connectivity index (χ1n) is 5.83. The molecule has 3 unspecified atom stereocenters. The largest absolute Gasteiger partial charge is 0.373 e. The van der Waals surface area contributed by atoms with Crippen LogP contribution in [0.4, 0.5) is 0 Å². The Kier molecular flexibility index (Phi) is 3.26. The van der Waals surface area contributed by atoms with Gasteiger partial charge in [-0.2, -0.15) is 0 Å². The molecule has 2 bridgehead atoms. The molecule has 4 heteroatoms. The van der Waals surface area contributed by atoms with Crippen molar-refractivity contribution in [3.8, 4) is 0 Å². The fraction of sp³-hybridized carbons (Fsp3) is 0.909. The summed E-state index contributed by atoms with van der Waals surface area (Å²) in [6.45, 7) is 4.35. The minimum Gasteiger partial charge on any atom is -0.373 e. The normalized spacial score (nSPS) is 33.7. The van der Waals surface area contributed by atoms with Crippen LogP contribution in [-0.2, 0) is 9.53 Å². The molecule has 86 valence electrons. The molecule has 0 spiro atoms. The highest BCUT2D eigenvalue weighted by Gasteiger charge is 2.40. The molecule has 0 aromatic rings. The van der Waals surface area contributed by atoms with Crippen molar-refractivity contribution in [1.82, 2.24) is 10.6 Å². The number of ether oxygens (including phenoxy) is 1. The number of fused-ring (bicyclic) bond motifs is 2. The number of hydrogen-bond donors (Lipinski definition) is 2. The number of carbonyl (C=O) groups is 1. The molecule has 2 rings (SSSR count). The van der Waals surface area contributed by atoms with Crippen LogP contribution in [0, 0.1) is 0 Å². The number of rotatable bonds is 4. The predicted molar refractivity (Wildman–Crippen MR) is 57.6 cm³/mol. The average molecular weight is 212 g/mol. The maximum absolute atomic E-state index is 11.4. The molecule has 0 aromatic heterocycles. The van der Waals surface area contributed by atoms with E-state index in [0.717, 1.165) is 12.8 Å². The van der Waals surface area contributed by atoms with Crippen molar-refractivity contribution in [2.45, 2.75) is 57.4 Å². The second-order valence-corrected chi connectivity index (χ2v) is 4.82. The second kappa shape index (κ2) is 4.49. The van der Waals surface area contributed by atoms with Gasteiger partial charge in [0.2, 0.25) is 5.91 Å². The van der Waals surface area contributed by atoms with E-state index in [1.54, 1.807) is 0 Å². The fourth-order valence-corrected chi connectivity index (χ4v) is 2.45. The van der Waals surface area contributed by atoms with E-state index < -0.39 is 0 Å². The van der Waals surface area contributed by atoms with Crippen molar-refractivity contribution in [1.29, 1.82) is 0 Å². The van der Waals surface area contributed by atoms with Crippen molar-refractivity contribution in [2.75, 3.05) is 6.54 Å².